The van der Waals surface area contributed by atoms with Gasteiger partial charge in [-0.2, -0.15) is 0 Å². The number of carboxylic acids is 2. The molecule has 2 N–H and O–H groups in total. The number of methoxy groups -OCH3 is 1. The SMILES string of the molecule is C.C.C.CCCC1CC(C)C2C3CC(C(=O)O)C(C3)C12.CCCC1CC(C)CC1(C)C(=O)OC.CCCC1CC(C)CC1C(=O)O. The van der Waals surface area contributed by atoms with Crippen LogP contribution in [0.5, 0.6) is 0 Å². The molecular weight excluding hydrogens is 576 g/mol. The second kappa shape index (κ2) is 19.4. The van der Waals surface area contributed by atoms with Crippen molar-refractivity contribution in [3.05, 3.63) is 0 Å². The van der Waals surface area contributed by atoms with Gasteiger partial charge in [0.25, 0.3) is 0 Å². The molecule has 5 aliphatic rings. The molecule has 6 nitrogen and oxygen atoms in total. The maximum Gasteiger partial charge on any atom is 0.311 e. The normalized spacial score (nSPS) is 39.7. The van der Waals surface area contributed by atoms with Crippen molar-refractivity contribution in [1.82, 2.24) is 0 Å². The Balaban J connectivity index is 0.000000651. The lowest BCUT2D eigenvalue weighted by molar-refractivity contribution is -0.154. The van der Waals surface area contributed by atoms with E-state index in [1.165, 1.54) is 39.2 Å². The molecule has 13 unspecified atom stereocenters. The zero-order valence-electron chi connectivity index (χ0n) is 28.6. The number of rotatable bonds is 9. The summed E-state index contributed by atoms with van der Waals surface area (Å²) in [5.41, 5.74) is -0.218. The number of hydrogen-bond donors (Lipinski definition) is 2. The topological polar surface area (TPSA) is 101 Å². The van der Waals surface area contributed by atoms with Gasteiger partial charge in [-0.05, 0) is 124 Å². The van der Waals surface area contributed by atoms with Crippen molar-refractivity contribution >= 4 is 17.9 Å². The first kappa shape index (κ1) is 44.4. The van der Waals surface area contributed by atoms with Gasteiger partial charge in [0.05, 0.1) is 24.4 Å². The summed E-state index contributed by atoms with van der Waals surface area (Å²) in [7, 11) is 1.50. The van der Waals surface area contributed by atoms with Crippen LogP contribution in [0.2, 0.25) is 0 Å². The third kappa shape index (κ3) is 9.74. The number of hydrogen-bond acceptors (Lipinski definition) is 4. The van der Waals surface area contributed by atoms with Gasteiger partial charge in [0.1, 0.15) is 0 Å². The average Bonchev–Trinajstić information content (AvgIpc) is 3.75. The molecule has 0 aromatic rings. The van der Waals surface area contributed by atoms with Crippen molar-refractivity contribution in [2.75, 3.05) is 7.11 Å². The average molecular weight is 653 g/mol. The van der Waals surface area contributed by atoms with E-state index in [2.05, 4.69) is 48.5 Å². The predicted octanol–water partition coefficient (Wildman–Crippen LogP) is 10.9. The number of carboxylic acid groups (broad SMARTS) is 2. The number of carbonyl (C=O) groups is 3. The Morgan fingerprint density at radius 3 is 1.78 bits per heavy atom. The van der Waals surface area contributed by atoms with Gasteiger partial charge in [-0.15, -0.1) is 0 Å². The van der Waals surface area contributed by atoms with Crippen LogP contribution >= 0.6 is 0 Å². The van der Waals surface area contributed by atoms with Crippen molar-refractivity contribution in [2.24, 2.45) is 76.4 Å². The van der Waals surface area contributed by atoms with Crippen LogP contribution in [-0.4, -0.2) is 35.2 Å². The molecule has 2 bridgehead atoms. The van der Waals surface area contributed by atoms with Gasteiger partial charge >= 0.3 is 17.9 Å². The first-order chi connectivity index (χ1) is 20.3. The molecule has 5 saturated carbocycles. The summed E-state index contributed by atoms with van der Waals surface area (Å²) in [5, 5.41) is 18.3. The summed E-state index contributed by atoms with van der Waals surface area (Å²) in [6, 6.07) is 0. The Labute approximate surface area is 284 Å². The van der Waals surface area contributed by atoms with Crippen molar-refractivity contribution in [3.63, 3.8) is 0 Å². The molecule has 0 amide bonds. The van der Waals surface area contributed by atoms with Crippen LogP contribution in [0.3, 0.4) is 0 Å². The lowest BCUT2D eigenvalue weighted by atomic mass is 9.71. The quantitative estimate of drug-likeness (QED) is 0.240. The molecule has 0 aromatic heterocycles. The molecule has 0 radical (unpaired) electrons. The fourth-order valence-electron chi connectivity index (χ4n) is 11.1. The second-order valence-corrected chi connectivity index (χ2v) is 15.8. The molecule has 13 atom stereocenters. The maximum absolute atomic E-state index is 11.7. The largest absolute Gasteiger partial charge is 0.481 e. The van der Waals surface area contributed by atoms with Crippen LogP contribution in [0.1, 0.15) is 154 Å². The van der Waals surface area contributed by atoms with E-state index in [4.69, 9.17) is 9.84 Å². The van der Waals surface area contributed by atoms with Gasteiger partial charge in [-0.3, -0.25) is 14.4 Å². The number of esters is 1. The first-order valence-electron chi connectivity index (χ1n) is 17.9. The van der Waals surface area contributed by atoms with E-state index in [0.717, 1.165) is 81.0 Å². The first-order valence-corrected chi connectivity index (χ1v) is 17.9. The monoisotopic (exact) mass is 653 g/mol. The highest BCUT2D eigenvalue weighted by atomic mass is 16.5. The molecule has 0 saturated heterocycles. The Bertz CT molecular complexity index is 933. The summed E-state index contributed by atoms with van der Waals surface area (Å²) >= 11 is 0. The minimum atomic E-state index is -0.585. The highest BCUT2D eigenvalue weighted by molar-refractivity contribution is 5.77. The fraction of sp³-hybridized carbons (Fsp3) is 0.925. The van der Waals surface area contributed by atoms with Gasteiger partial charge < -0.3 is 14.9 Å². The summed E-state index contributed by atoms with van der Waals surface area (Å²) < 4.78 is 4.92. The second-order valence-electron chi connectivity index (χ2n) is 15.8. The van der Waals surface area contributed by atoms with E-state index in [0.29, 0.717) is 29.6 Å². The van der Waals surface area contributed by atoms with Gasteiger partial charge in [0, 0.05) is 0 Å². The van der Waals surface area contributed by atoms with Gasteiger partial charge in [-0.25, -0.2) is 0 Å². The zero-order chi connectivity index (χ0) is 32.1. The third-order valence-electron chi connectivity index (χ3n) is 12.5. The summed E-state index contributed by atoms with van der Waals surface area (Å²) in [4.78, 5) is 33.9. The molecule has 0 spiro atoms. The van der Waals surface area contributed by atoms with Crippen LogP contribution in [-0.2, 0) is 19.1 Å². The van der Waals surface area contributed by atoms with Crippen molar-refractivity contribution in [2.45, 2.75) is 154 Å². The number of aliphatic carboxylic acids is 2. The molecule has 6 heteroatoms. The van der Waals surface area contributed by atoms with Crippen LogP contribution in [0.4, 0.5) is 0 Å². The summed E-state index contributed by atoms with van der Waals surface area (Å²) in [6.07, 6.45) is 14.8. The van der Waals surface area contributed by atoms with Crippen molar-refractivity contribution in [1.29, 1.82) is 0 Å². The van der Waals surface area contributed by atoms with Crippen LogP contribution < -0.4 is 0 Å². The van der Waals surface area contributed by atoms with E-state index >= 15 is 0 Å². The molecule has 5 aliphatic carbocycles. The number of carbonyl (C=O) groups excluding carboxylic acids is 1. The van der Waals surface area contributed by atoms with E-state index in [9.17, 15) is 19.5 Å². The van der Waals surface area contributed by atoms with E-state index in [1.807, 2.05) is 0 Å². The van der Waals surface area contributed by atoms with Crippen LogP contribution in [0.25, 0.3) is 0 Å². The smallest absolute Gasteiger partial charge is 0.311 e. The minimum absolute atomic E-state index is 0. The van der Waals surface area contributed by atoms with Gasteiger partial charge in [0.15, 0.2) is 0 Å². The zero-order valence-corrected chi connectivity index (χ0v) is 28.6. The van der Waals surface area contributed by atoms with Crippen molar-refractivity contribution in [3.8, 4) is 0 Å². The Hall–Kier alpha value is -1.59. The maximum atomic E-state index is 11.7. The molecule has 46 heavy (non-hydrogen) atoms. The highest BCUT2D eigenvalue weighted by Crippen LogP contribution is 2.65. The Morgan fingerprint density at radius 2 is 1.26 bits per heavy atom. The Kier molecular flexibility index (Phi) is 18.7. The summed E-state index contributed by atoms with van der Waals surface area (Å²) in [6.45, 7) is 15.4. The van der Waals surface area contributed by atoms with Gasteiger partial charge in [-0.1, -0.05) is 89.5 Å². The molecule has 0 heterocycles. The molecule has 0 aromatic carbocycles. The highest BCUT2D eigenvalue weighted by Gasteiger charge is 2.60. The Morgan fingerprint density at radius 1 is 0.696 bits per heavy atom. The lowest BCUT2D eigenvalue weighted by Gasteiger charge is -2.33. The van der Waals surface area contributed by atoms with Crippen LogP contribution in [0, 0.1) is 76.4 Å². The van der Waals surface area contributed by atoms with Gasteiger partial charge in [0.2, 0.25) is 0 Å². The summed E-state index contributed by atoms with van der Waals surface area (Å²) in [5.74, 6) is 5.62. The molecular formula is C40H76O6. The number of fused-ring (bicyclic) bond motifs is 5. The fourth-order valence-corrected chi connectivity index (χ4v) is 11.1. The van der Waals surface area contributed by atoms with E-state index in [-0.39, 0.29) is 45.5 Å². The molecule has 272 valence electrons. The molecule has 0 aliphatic heterocycles. The molecule has 5 fully saturated rings. The minimum Gasteiger partial charge on any atom is -0.481 e. The van der Waals surface area contributed by atoms with Crippen molar-refractivity contribution < 1.29 is 29.3 Å². The molecule has 5 rings (SSSR count). The third-order valence-corrected chi connectivity index (χ3v) is 12.5. The van der Waals surface area contributed by atoms with E-state index < -0.39 is 11.9 Å². The number of ether oxygens (including phenoxy) is 1. The van der Waals surface area contributed by atoms with Crippen LogP contribution in [0.15, 0.2) is 0 Å². The predicted molar refractivity (Wildman–Crippen MR) is 192 cm³/mol. The van der Waals surface area contributed by atoms with E-state index in [1.54, 1.807) is 0 Å². The standard InChI is InChI=1S/C15H24O2.C12H22O2.C10H18O2.3CH4/c1-3-4-9-5-8(2)13-10-6-11(14(9)13)12(7-10)15(16)17;1-5-6-10-7-9(2)8-12(10,3)11(13)14-4;1-3-4-8-5-7(2)6-9(8)10(11)12;;;/h8-14H,3-7H2,1-2H3,(H,16,17);9-10H,5-8H2,1-4H3;7-9H,3-6H2,1-2H3,(H,11,12);3*1H4. The lowest BCUT2D eigenvalue weighted by Crippen LogP contribution is -2.33.